The number of hydrogen-bond donors (Lipinski definition) is 3. The standard InChI is InChI=1S/C24H32N4O6/c1-15(2)34-24(32)20(10-9-17(29)12-25)27-23(31)21(33-14-22(30)28(3)4)11-16-13-26-19-8-6-5-7-18(16)19/h5-8,12-13,15,20-21,25-26H,9-11,14H2,1-4H3,(H,27,31)/t20-,21-/m0/s1. The van der Waals surface area contributed by atoms with Gasteiger partial charge in [-0.1, -0.05) is 18.2 Å². The predicted octanol–water partition coefficient (Wildman–Crippen LogP) is 1.62. The summed E-state index contributed by atoms with van der Waals surface area (Å²) >= 11 is 0. The number of H-pyrrole nitrogens is 1. The minimum atomic E-state index is -1.10. The Balaban J connectivity index is 2.23. The number of carbonyl (C=O) groups excluding carboxylic acids is 4. The molecule has 3 N–H and O–H groups in total. The highest BCUT2D eigenvalue weighted by atomic mass is 16.5. The lowest BCUT2D eigenvalue weighted by molar-refractivity contribution is -0.153. The van der Waals surface area contributed by atoms with Gasteiger partial charge in [-0.05, 0) is 31.9 Å². The van der Waals surface area contributed by atoms with E-state index in [2.05, 4.69) is 10.3 Å². The van der Waals surface area contributed by atoms with Crippen LogP contribution in [0.1, 0.15) is 32.3 Å². The second kappa shape index (κ2) is 12.6. The van der Waals surface area contributed by atoms with E-state index in [1.807, 2.05) is 24.3 Å². The minimum absolute atomic E-state index is 0.0259. The fourth-order valence-corrected chi connectivity index (χ4v) is 3.22. The second-order valence-electron chi connectivity index (χ2n) is 8.35. The normalized spacial score (nSPS) is 12.7. The van der Waals surface area contributed by atoms with Gasteiger partial charge < -0.3 is 30.1 Å². The highest BCUT2D eigenvalue weighted by Gasteiger charge is 2.29. The van der Waals surface area contributed by atoms with Gasteiger partial charge in [-0.25, -0.2) is 4.79 Å². The summed E-state index contributed by atoms with van der Waals surface area (Å²) in [5, 5.41) is 10.6. The molecular formula is C24H32N4O6. The molecule has 1 aromatic heterocycles. The van der Waals surface area contributed by atoms with Gasteiger partial charge in [0.15, 0.2) is 5.78 Å². The molecule has 0 saturated heterocycles. The van der Waals surface area contributed by atoms with Crippen LogP contribution in [0.5, 0.6) is 0 Å². The number of esters is 1. The smallest absolute Gasteiger partial charge is 0.328 e. The zero-order valence-electron chi connectivity index (χ0n) is 19.9. The summed E-state index contributed by atoms with van der Waals surface area (Å²) in [5.41, 5.74) is 1.71. The van der Waals surface area contributed by atoms with E-state index in [-0.39, 0.29) is 31.8 Å². The Labute approximate surface area is 198 Å². The first-order valence-electron chi connectivity index (χ1n) is 11.0. The molecule has 0 unspecified atom stereocenters. The Hall–Kier alpha value is -3.53. The number of nitrogens with one attached hydrogen (secondary N) is 3. The van der Waals surface area contributed by atoms with Gasteiger partial charge in [-0.3, -0.25) is 14.4 Å². The first-order chi connectivity index (χ1) is 16.1. The maximum Gasteiger partial charge on any atom is 0.328 e. The van der Waals surface area contributed by atoms with E-state index < -0.39 is 35.9 Å². The zero-order chi connectivity index (χ0) is 25.3. The molecule has 184 valence electrons. The van der Waals surface area contributed by atoms with Crippen LogP contribution in [0.2, 0.25) is 0 Å². The first-order valence-corrected chi connectivity index (χ1v) is 11.0. The van der Waals surface area contributed by atoms with E-state index >= 15 is 0 Å². The van der Waals surface area contributed by atoms with Crippen molar-refractivity contribution in [2.75, 3.05) is 20.7 Å². The average molecular weight is 473 g/mol. The van der Waals surface area contributed by atoms with E-state index in [0.717, 1.165) is 16.5 Å². The van der Waals surface area contributed by atoms with Crippen molar-refractivity contribution >= 4 is 40.7 Å². The van der Waals surface area contributed by atoms with Gasteiger partial charge in [0, 0.05) is 44.0 Å². The third-order valence-corrected chi connectivity index (χ3v) is 5.07. The fraction of sp³-hybridized carbons (Fsp3) is 0.458. The molecule has 2 rings (SSSR count). The number of nitrogens with zero attached hydrogens (tertiary/aromatic N) is 1. The molecule has 34 heavy (non-hydrogen) atoms. The third-order valence-electron chi connectivity index (χ3n) is 5.07. The number of aromatic nitrogens is 1. The van der Waals surface area contributed by atoms with Crippen LogP contribution in [-0.4, -0.2) is 78.6 Å². The number of benzene rings is 1. The van der Waals surface area contributed by atoms with Crippen LogP contribution >= 0.6 is 0 Å². The maximum atomic E-state index is 13.2. The third kappa shape index (κ3) is 7.80. The quantitative estimate of drug-likeness (QED) is 0.299. The number of ketones is 1. The molecule has 2 amide bonds. The Bertz CT molecular complexity index is 1030. The summed E-state index contributed by atoms with van der Waals surface area (Å²) in [4.78, 5) is 53.9. The molecule has 0 fully saturated rings. The van der Waals surface area contributed by atoms with E-state index in [0.29, 0.717) is 6.21 Å². The minimum Gasteiger partial charge on any atom is -0.461 e. The number of para-hydroxylation sites is 1. The number of fused-ring (bicyclic) bond motifs is 1. The number of Topliss-reactive ketones (excluding diaryl/α,β-unsaturated/α-hetero) is 1. The molecule has 2 atom stereocenters. The molecule has 10 heteroatoms. The van der Waals surface area contributed by atoms with Gasteiger partial charge in [0.1, 0.15) is 18.8 Å². The predicted molar refractivity (Wildman–Crippen MR) is 127 cm³/mol. The number of ether oxygens (including phenoxy) is 2. The lowest BCUT2D eigenvalue weighted by Gasteiger charge is -2.23. The Morgan fingerprint density at radius 3 is 2.53 bits per heavy atom. The van der Waals surface area contributed by atoms with Crippen LogP contribution in [0.3, 0.4) is 0 Å². The molecule has 0 bridgehead atoms. The van der Waals surface area contributed by atoms with E-state index in [1.54, 1.807) is 34.1 Å². The van der Waals surface area contributed by atoms with Crippen molar-refractivity contribution in [2.45, 2.75) is 51.4 Å². The fourth-order valence-electron chi connectivity index (χ4n) is 3.22. The number of likely N-dealkylation sites (N-methyl/N-ethyl adjacent to an activating group) is 1. The molecule has 0 spiro atoms. The largest absolute Gasteiger partial charge is 0.461 e. The van der Waals surface area contributed by atoms with Gasteiger partial charge in [0.25, 0.3) is 0 Å². The van der Waals surface area contributed by atoms with Crippen LogP contribution in [0, 0.1) is 5.41 Å². The Morgan fingerprint density at radius 2 is 1.88 bits per heavy atom. The van der Waals surface area contributed by atoms with Crippen molar-refractivity contribution in [3.8, 4) is 0 Å². The summed E-state index contributed by atoms with van der Waals surface area (Å²) in [6.45, 7) is 3.03. The number of hydrogen-bond acceptors (Lipinski definition) is 7. The second-order valence-corrected chi connectivity index (χ2v) is 8.35. The van der Waals surface area contributed by atoms with Crippen LogP contribution in [0.4, 0.5) is 0 Å². The van der Waals surface area contributed by atoms with Gasteiger partial charge in [-0.15, -0.1) is 0 Å². The van der Waals surface area contributed by atoms with Gasteiger partial charge in [0.05, 0.1) is 12.3 Å². The van der Waals surface area contributed by atoms with Gasteiger partial charge in [-0.2, -0.15) is 0 Å². The highest BCUT2D eigenvalue weighted by Crippen LogP contribution is 2.20. The molecule has 0 aliphatic rings. The van der Waals surface area contributed by atoms with E-state index in [1.165, 1.54) is 4.90 Å². The lowest BCUT2D eigenvalue weighted by Crippen LogP contribution is -2.48. The van der Waals surface area contributed by atoms with Crippen molar-refractivity contribution in [2.24, 2.45) is 0 Å². The SMILES string of the molecule is CC(C)OC(=O)[C@H](CCC(=O)C=N)NC(=O)[C@H](Cc1c[nH]c2ccccc12)OCC(=O)N(C)C. The monoisotopic (exact) mass is 472 g/mol. The van der Waals surface area contributed by atoms with Crippen molar-refractivity contribution in [3.05, 3.63) is 36.0 Å². The number of carbonyl (C=O) groups is 4. The average Bonchev–Trinajstić information content (AvgIpc) is 3.20. The first kappa shape index (κ1) is 26.7. The van der Waals surface area contributed by atoms with Gasteiger partial charge >= 0.3 is 5.97 Å². The summed E-state index contributed by atoms with van der Waals surface area (Å²) < 4.78 is 10.9. The van der Waals surface area contributed by atoms with E-state index in [4.69, 9.17) is 14.9 Å². The summed E-state index contributed by atoms with van der Waals surface area (Å²) in [5.74, 6) is -2.08. The molecule has 0 aliphatic carbocycles. The summed E-state index contributed by atoms with van der Waals surface area (Å²) in [6, 6.07) is 6.48. The van der Waals surface area contributed by atoms with Crippen LogP contribution in [0.25, 0.3) is 10.9 Å². The molecule has 0 aliphatic heterocycles. The molecule has 0 radical (unpaired) electrons. The van der Waals surface area contributed by atoms with Crippen LogP contribution in [0.15, 0.2) is 30.5 Å². The molecule has 2 aromatic rings. The summed E-state index contributed by atoms with van der Waals surface area (Å²) in [6.07, 6.45) is 0.980. The van der Waals surface area contributed by atoms with Crippen LogP contribution in [-0.2, 0) is 35.1 Å². The Morgan fingerprint density at radius 1 is 1.18 bits per heavy atom. The van der Waals surface area contributed by atoms with Crippen molar-refractivity contribution in [1.82, 2.24) is 15.2 Å². The number of amides is 2. The van der Waals surface area contributed by atoms with Crippen LogP contribution < -0.4 is 5.32 Å². The lowest BCUT2D eigenvalue weighted by atomic mass is 10.0. The molecule has 1 aromatic carbocycles. The highest BCUT2D eigenvalue weighted by molar-refractivity contribution is 6.26. The van der Waals surface area contributed by atoms with Crippen molar-refractivity contribution in [3.63, 3.8) is 0 Å². The topological polar surface area (TPSA) is 142 Å². The molecule has 1 heterocycles. The van der Waals surface area contributed by atoms with E-state index in [9.17, 15) is 19.2 Å². The zero-order valence-corrected chi connectivity index (χ0v) is 19.9. The molecule has 10 nitrogen and oxygen atoms in total. The maximum absolute atomic E-state index is 13.2. The number of rotatable bonds is 13. The Kier molecular flexibility index (Phi) is 9.93. The molecule has 0 saturated carbocycles. The van der Waals surface area contributed by atoms with Crippen molar-refractivity contribution < 1.29 is 28.7 Å². The summed E-state index contributed by atoms with van der Waals surface area (Å²) in [7, 11) is 3.16. The molecular weight excluding hydrogens is 440 g/mol. The van der Waals surface area contributed by atoms with Crippen molar-refractivity contribution in [1.29, 1.82) is 5.41 Å². The van der Waals surface area contributed by atoms with Gasteiger partial charge in [0.2, 0.25) is 11.8 Å². The number of aromatic amines is 1.